The summed E-state index contributed by atoms with van der Waals surface area (Å²) in [6.45, 7) is 1.78. The normalized spacial score (nSPS) is 8.82. The first-order chi connectivity index (χ1) is 5.29. The summed E-state index contributed by atoms with van der Waals surface area (Å²) in [6, 6.07) is 2.03. The van der Waals surface area contributed by atoms with Crippen LogP contribution in [0.5, 0.6) is 0 Å². The minimum absolute atomic E-state index is 0.509. The first kappa shape index (κ1) is 7.48. The average molecular weight is 148 g/mol. The Hall–Kier alpha value is -1.63. The first-order valence-electron chi connectivity index (χ1n) is 3.19. The lowest BCUT2D eigenvalue weighted by atomic mass is 10.2. The number of nitriles is 1. The predicted molar refractivity (Wildman–Crippen MR) is 41.0 cm³/mol. The summed E-state index contributed by atoms with van der Waals surface area (Å²) in [5, 5.41) is 11.5. The van der Waals surface area contributed by atoms with Crippen molar-refractivity contribution >= 4 is 5.82 Å². The number of aromatic nitrogens is 2. The van der Waals surface area contributed by atoms with Crippen molar-refractivity contribution in [3.8, 4) is 6.07 Å². The third-order valence-corrected chi connectivity index (χ3v) is 1.39. The molecule has 0 bridgehead atoms. The molecule has 0 radical (unpaired) electrons. The van der Waals surface area contributed by atoms with Crippen molar-refractivity contribution in [2.24, 2.45) is 0 Å². The summed E-state index contributed by atoms with van der Waals surface area (Å²) in [5.74, 6) is 0.583. The molecule has 1 aromatic rings. The molecule has 56 valence electrons. The zero-order valence-electron chi connectivity index (χ0n) is 6.42. The molecule has 0 unspecified atom stereocenters. The third kappa shape index (κ3) is 1.27. The van der Waals surface area contributed by atoms with Gasteiger partial charge in [0.1, 0.15) is 23.8 Å². The Morgan fingerprint density at radius 3 is 2.73 bits per heavy atom. The molecule has 0 amide bonds. The molecule has 4 nitrogen and oxygen atoms in total. The second kappa shape index (κ2) is 2.97. The van der Waals surface area contributed by atoms with Gasteiger partial charge in [-0.1, -0.05) is 0 Å². The van der Waals surface area contributed by atoms with Crippen LogP contribution >= 0.6 is 0 Å². The number of aryl methyl sites for hydroxylation is 1. The number of nitrogens with one attached hydrogen (secondary N) is 1. The van der Waals surface area contributed by atoms with Crippen LogP contribution in [0.4, 0.5) is 5.82 Å². The second-order valence-electron chi connectivity index (χ2n) is 2.04. The van der Waals surface area contributed by atoms with Crippen LogP contribution in [-0.4, -0.2) is 17.0 Å². The van der Waals surface area contributed by atoms with Gasteiger partial charge in [0.15, 0.2) is 0 Å². The van der Waals surface area contributed by atoms with Gasteiger partial charge in [-0.05, 0) is 6.92 Å². The van der Waals surface area contributed by atoms with Crippen molar-refractivity contribution in [2.45, 2.75) is 6.92 Å². The summed E-state index contributed by atoms with van der Waals surface area (Å²) in [6.07, 6.45) is 1.43. The molecule has 0 saturated carbocycles. The third-order valence-electron chi connectivity index (χ3n) is 1.39. The van der Waals surface area contributed by atoms with E-state index in [0.29, 0.717) is 17.1 Å². The quantitative estimate of drug-likeness (QED) is 0.636. The Kier molecular flexibility index (Phi) is 2.02. The minimum atomic E-state index is 0.509. The van der Waals surface area contributed by atoms with Crippen molar-refractivity contribution in [3.05, 3.63) is 17.6 Å². The van der Waals surface area contributed by atoms with E-state index in [-0.39, 0.29) is 0 Å². The molecule has 0 aromatic carbocycles. The van der Waals surface area contributed by atoms with E-state index >= 15 is 0 Å². The molecule has 0 saturated heterocycles. The fraction of sp³-hybridized carbons (Fsp3) is 0.286. The molecule has 0 aliphatic heterocycles. The van der Waals surface area contributed by atoms with Gasteiger partial charge in [0.05, 0.1) is 5.69 Å². The molecule has 0 aliphatic rings. The fourth-order valence-corrected chi connectivity index (χ4v) is 0.797. The van der Waals surface area contributed by atoms with Crippen LogP contribution in [0.2, 0.25) is 0 Å². The summed E-state index contributed by atoms with van der Waals surface area (Å²) in [5.41, 5.74) is 1.21. The van der Waals surface area contributed by atoms with Crippen molar-refractivity contribution in [2.75, 3.05) is 12.4 Å². The van der Waals surface area contributed by atoms with Crippen LogP contribution < -0.4 is 5.32 Å². The maximum absolute atomic E-state index is 8.66. The van der Waals surface area contributed by atoms with E-state index in [4.69, 9.17) is 5.26 Å². The predicted octanol–water partition coefficient (Wildman–Crippen LogP) is 0.698. The molecule has 1 rings (SSSR count). The van der Waals surface area contributed by atoms with Crippen molar-refractivity contribution < 1.29 is 0 Å². The van der Waals surface area contributed by atoms with Gasteiger partial charge in [0.2, 0.25) is 0 Å². The largest absolute Gasteiger partial charge is 0.372 e. The first-order valence-corrected chi connectivity index (χ1v) is 3.19. The van der Waals surface area contributed by atoms with E-state index in [2.05, 4.69) is 15.3 Å². The summed E-state index contributed by atoms with van der Waals surface area (Å²) < 4.78 is 0. The number of anilines is 1. The maximum Gasteiger partial charge on any atom is 0.147 e. The van der Waals surface area contributed by atoms with E-state index in [0.717, 1.165) is 0 Å². The Morgan fingerprint density at radius 1 is 1.55 bits per heavy atom. The summed E-state index contributed by atoms with van der Waals surface area (Å²) in [4.78, 5) is 7.77. The molecule has 1 N–H and O–H groups in total. The topological polar surface area (TPSA) is 61.6 Å². The molecule has 0 fully saturated rings. The van der Waals surface area contributed by atoms with Crippen LogP contribution in [0.3, 0.4) is 0 Å². The van der Waals surface area contributed by atoms with Gasteiger partial charge in [0.25, 0.3) is 0 Å². The van der Waals surface area contributed by atoms with Gasteiger partial charge >= 0.3 is 0 Å². The van der Waals surface area contributed by atoms with Crippen LogP contribution in [-0.2, 0) is 0 Å². The fourth-order valence-electron chi connectivity index (χ4n) is 0.797. The standard InChI is InChI=1S/C7H8N4/c1-5-6(3-8)7(9-2)11-4-10-5/h4H,1-2H3,(H,9,10,11). The van der Waals surface area contributed by atoms with Crippen molar-refractivity contribution in [1.82, 2.24) is 9.97 Å². The van der Waals surface area contributed by atoms with Gasteiger partial charge in [-0.15, -0.1) is 0 Å². The van der Waals surface area contributed by atoms with Gasteiger partial charge in [-0.2, -0.15) is 5.26 Å². The van der Waals surface area contributed by atoms with Crippen molar-refractivity contribution in [1.29, 1.82) is 5.26 Å². The zero-order chi connectivity index (χ0) is 8.27. The minimum Gasteiger partial charge on any atom is -0.372 e. The van der Waals surface area contributed by atoms with Crippen molar-refractivity contribution in [3.63, 3.8) is 0 Å². The Balaban J connectivity index is 3.27. The molecule has 4 heteroatoms. The molecular weight excluding hydrogens is 140 g/mol. The highest BCUT2D eigenvalue weighted by Crippen LogP contribution is 2.11. The van der Waals surface area contributed by atoms with E-state index in [9.17, 15) is 0 Å². The van der Waals surface area contributed by atoms with Gasteiger partial charge in [-0.3, -0.25) is 0 Å². The lowest BCUT2D eigenvalue weighted by Gasteiger charge is -2.01. The monoisotopic (exact) mass is 148 g/mol. The maximum atomic E-state index is 8.66. The number of hydrogen-bond donors (Lipinski definition) is 1. The number of nitrogens with zero attached hydrogens (tertiary/aromatic N) is 3. The molecule has 0 spiro atoms. The Bertz CT molecular complexity index is 300. The number of hydrogen-bond acceptors (Lipinski definition) is 4. The van der Waals surface area contributed by atoms with E-state index in [1.54, 1.807) is 14.0 Å². The molecule has 1 heterocycles. The van der Waals surface area contributed by atoms with Crippen LogP contribution in [0.1, 0.15) is 11.3 Å². The molecule has 0 atom stereocenters. The summed E-state index contributed by atoms with van der Waals surface area (Å²) in [7, 11) is 1.72. The molecule has 11 heavy (non-hydrogen) atoms. The summed E-state index contributed by atoms with van der Waals surface area (Å²) >= 11 is 0. The van der Waals surface area contributed by atoms with E-state index in [1.165, 1.54) is 6.33 Å². The van der Waals surface area contributed by atoms with E-state index in [1.807, 2.05) is 6.07 Å². The highest BCUT2D eigenvalue weighted by atomic mass is 15.0. The molecule has 0 aliphatic carbocycles. The Labute approximate surface area is 64.9 Å². The van der Waals surface area contributed by atoms with Gasteiger partial charge in [0, 0.05) is 7.05 Å². The van der Waals surface area contributed by atoms with Crippen LogP contribution in [0.15, 0.2) is 6.33 Å². The smallest absolute Gasteiger partial charge is 0.147 e. The SMILES string of the molecule is CNc1ncnc(C)c1C#N. The van der Waals surface area contributed by atoms with Crippen LogP contribution in [0.25, 0.3) is 0 Å². The van der Waals surface area contributed by atoms with Crippen LogP contribution in [0, 0.1) is 18.3 Å². The highest BCUT2D eigenvalue weighted by molar-refractivity contribution is 5.52. The van der Waals surface area contributed by atoms with Gasteiger partial charge < -0.3 is 5.32 Å². The molecule has 1 aromatic heterocycles. The average Bonchev–Trinajstić information content (AvgIpc) is 2.04. The zero-order valence-corrected chi connectivity index (χ0v) is 6.42. The lowest BCUT2D eigenvalue weighted by molar-refractivity contribution is 1.08. The second-order valence-corrected chi connectivity index (χ2v) is 2.04. The lowest BCUT2D eigenvalue weighted by Crippen LogP contribution is -1.99. The highest BCUT2D eigenvalue weighted by Gasteiger charge is 2.03. The van der Waals surface area contributed by atoms with Gasteiger partial charge in [-0.25, -0.2) is 9.97 Å². The number of rotatable bonds is 1. The molecular formula is C7H8N4. The van der Waals surface area contributed by atoms with E-state index < -0.39 is 0 Å². The Morgan fingerprint density at radius 2 is 2.27 bits per heavy atom.